The van der Waals surface area contributed by atoms with Crippen LogP contribution in [0.1, 0.15) is 22.3 Å². The Morgan fingerprint density at radius 1 is 1.03 bits per heavy atom. The molecule has 0 aliphatic carbocycles. The van der Waals surface area contributed by atoms with Crippen molar-refractivity contribution in [2.45, 2.75) is 20.5 Å². The fraction of sp³-hybridized carbons (Fsp3) is 0.154. The van der Waals surface area contributed by atoms with Gasteiger partial charge in [-0.2, -0.15) is 0 Å². The van der Waals surface area contributed by atoms with Gasteiger partial charge in [0.15, 0.2) is 5.11 Å². The number of amides is 1. The first-order chi connectivity index (χ1) is 15.9. The molecule has 1 aliphatic rings. The summed E-state index contributed by atoms with van der Waals surface area (Å²) in [6.07, 6.45) is 1.78. The van der Waals surface area contributed by atoms with Crippen molar-refractivity contribution in [1.82, 2.24) is 5.32 Å². The number of thiocarbonyl (C=S) groups is 1. The first-order valence-corrected chi connectivity index (χ1v) is 11.1. The molecule has 1 N–H and O–H groups in total. The largest absolute Gasteiger partial charge is 0.496 e. The summed E-state index contributed by atoms with van der Waals surface area (Å²) >= 11 is 11.5. The molecule has 168 valence electrons. The van der Waals surface area contributed by atoms with Gasteiger partial charge < -0.3 is 14.8 Å². The van der Waals surface area contributed by atoms with Gasteiger partial charge in [-0.05, 0) is 85.2 Å². The van der Waals surface area contributed by atoms with Gasteiger partial charge in [-0.15, -0.1) is 0 Å². The van der Waals surface area contributed by atoms with Gasteiger partial charge in [-0.3, -0.25) is 9.69 Å². The highest BCUT2D eigenvalue weighted by Crippen LogP contribution is 2.28. The van der Waals surface area contributed by atoms with Crippen molar-refractivity contribution < 1.29 is 14.3 Å². The standard InChI is InChI=1S/C26H23ClN2O3S/c1-16-6-4-5-7-22(16)29-25(30)21(28-26(29)33)14-18-8-10-24(31-3)19(13-18)15-32-23-11-9-20(27)12-17(23)2/h4-14H,15H2,1-3H3,(H,28,33)/b21-14+. The van der Waals surface area contributed by atoms with Crippen LogP contribution >= 0.6 is 23.8 Å². The van der Waals surface area contributed by atoms with Crippen LogP contribution in [0.2, 0.25) is 5.02 Å². The van der Waals surface area contributed by atoms with E-state index in [0.717, 1.165) is 33.7 Å². The lowest BCUT2D eigenvalue weighted by Crippen LogP contribution is -2.30. The second-order valence-corrected chi connectivity index (χ2v) is 8.51. The van der Waals surface area contributed by atoms with Crippen molar-refractivity contribution in [2.75, 3.05) is 12.0 Å². The Balaban J connectivity index is 1.59. The lowest BCUT2D eigenvalue weighted by atomic mass is 10.1. The minimum atomic E-state index is -0.195. The topological polar surface area (TPSA) is 50.8 Å². The molecule has 0 bridgehead atoms. The van der Waals surface area contributed by atoms with E-state index in [1.165, 1.54) is 4.90 Å². The van der Waals surface area contributed by atoms with Crippen LogP contribution in [0.25, 0.3) is 6.08 Å². The van der Waals surface area contributed by atoms with E-state index in [-0.39, 0.29) is 5.91 Å². The van der Waals surface area contributed by atoms with Crippen LogP contribution in [0.4, 0.5) is 5.69 Å². The first-order valence-electron chi connectivity index (χ1n) is 10.4. The number of hydrogen-bond acceptors (Lipinski definition) is 4. The minimum Gasteiger partial charge on any atom is -0.496 e. The first kappa shape index (κ1) is 22.8. The molecule has 7 heteroatoms. The quantitative estimate of drug-likeness (QED) is 0.358. The van der Waals surface area contributed by atoms with Gasteiger partial charge in [0.25, 0.3) is 5.91 Å². The smallest absolute Gasteiger partial charge is 0.281 e. The van der Waals surface area contributed by atoms with Crippen molar-refractivity contribution in [3.63, 3.8) is 0 Å². The highest BCUT2D eigenvalue weighted by atomic mass is 35.5. The lowest BCUT2D eigenvalue weighted by molar-refractivity contribution is -0.113. The maximum absolute atomic E-state index is 13.1. The lowest BCUT2D eigenvalue weighted by Gasteiger charge is -2.16. The Labute approximate surface area is 203 Å². The van der Waals surface area contributed by atoms with Crippen LogP contribution in [0.15, 0.2) is 66.4 Å². The molecule has 1 fully saturated rings. The van der Waals surface area contributed by atoms with Crippen LogP contribution < -0.4 is 19.7 Å². The number of para-hydroxylation sites is 1. The predicted molar refractivity (Wildman–Crippen MR) is 136 cm³/mol. The van der Waals surface area contributed by atoms with Gasteiger partial charge in [-0.25, -0.2) is 0 Å². The summed E-state index contributed by atoms with van der Waals surface area (Å²) in [6.45, 7) is 4.20. The highest BCUT2D eigenvalue weighted by molar-refractivity contribution is 7.80. The average molecular weight is 479 g/mol. The van der Waals surface area contributed by atoms with E-state index in [1.54, 1.807) is 19.3 Å². The third-order valence-corrected chi connectivity index (χ3v) is 5.89. The van der Waals surface area contributed by atoms with Gasteiger partial charge in [0, 0.05) is 10.6 Å². The third kappa shape index (κ3) is 4.87. The summed E-state index contributed by atoms with van der Waals surface area (Å²) in [5.41, 5.74) is 4.78. The molecule has 0 saturated carbocycles. The number of aryl methyl sites for hydroxylation is 2. The van der Waals surface area contributed by atoms with Crippen molar-refractivity contribution in [2.24, 2.45) is 0 Å². The number of benzene rings is 3. The summed E-state index contributed by atoms with van der Waals surface area (Å²) in [5, 5.41) is 4.06. The number of carbonyl (C=O) groups excluding carboxylic acids is 1. The number of anilines is 1. The molecule has 1 saturated heterocycles. The molecule has 0 spiro atoms. The summed E-state index contributed by atoms with van der Waals surface area (Å²) in [7, 11) is 1.62. The summed E-state index contributed by atoms with van der Waals surface area (Å²) in [5.74, 6) is 1.25. The molecule has 1 heterocycles. The average Bonchev–Trinajstić information content (AvgIpc) is 3.06. The molecule has 3 aromatic rings. The number of carbonyl (C=O) groups is 1. The maximum Gasteiger partial charge on any atom is 0.281 e. The summed E-state index contributed by atoms with van der Waals surface area (Å²) < 4.78 is 11.5. The Morgan fingerprint density at radius 2 is 1.79 bits per heavy atom. The maximum atomic E-state index is 13.1. The molecule has 0 unspecified atom stereocenters. The van der Waals surface area contributed by atoms with Crippen LogP contribution in [0, 0.1) is 13.8 Å². The third-order valence-electron chi connectivity index (χ3n) is 5.37. The van der Waals surface area contributed by atoms with E-state index >= 15 is 0 Å². The van der Waals surface area contributed by atoms with E-state index in [2.05, 4.69) is 5.32 Å². The molecular formula is C26H23ClN2O3S. The molecule has 0 radical (unpaired) electrons. The Bertz CT molecular complexity index is 1270. The Hall–Kier alpha value is -3.35. The van der Waals surface area contributed by atoms with E-state index in [1.807, 2.05) is 68.4 Å². The van der Waals surface area contributed by atoms with Crippen molar-refractivity contribution in [1.29, 1.82) is 0 Å². The number of ether oxygens (including phenoxy) is 2. The van der Waals surface area contributed by atoms with E-state index in [0.29, 0.717) is 28.2 Å². The number of nitrogens with one attached hydrogen (secondary N) is 1. The van der Waals surface area contributed by atoms with Gasteiger partial charge in [0.05, 0.1) is 12.8 Å². The SMILES string of the molecule is COc1ccc(/C=C2/NC(=S)N(c3ccccc3C)C2=O)cc1COc1ccc(Cl)cc1C. The summed E-state index contributed by atoms with van der Waals surface area (Å²) in [4.78, 5) is 14.6. The normalized spacial score (nSPS) is 14.5. The van der Waals surface area contributed by atoms with Gasteiger partial charge in [0.2, 0.25) is 0 Å². The van der Waals surface area contributed by atoms with Crippen LogP contribution in [-0.4, -0.2) is 18.1 Å². The molecule has 5 nitrogen and oxygen atoms in total. The fourth-order valence-electron chi connectivity index (χ4n) is 3.67. The molecule has 0 atom stereocenters. The Morgan fingerprint density at radius 3 is 2.52 bits per heavy atom. The van der Waals surface area contributed by atoms with E-state index < -0.39 is 0 Å². The van der Waals surface area contributed by atoms with Crippen molar-refractivity contribution >= 4 is 46.6 Å². The van der Waals surface area contributed by atoms with E-state index in [4.69, 9.17) is 33.3 Å². The predicted octanol–water partition coefficient (Wildman–Crippen LogP) is 5.81. The van der Waals surface area contributed by atoms with Crippen LogP contribution in [-0.2, 0) is 11.4 Å². The number of halogens is 1. The monoisotopic (exact) mass is 478 g/mol. The molecule has 33 heavy (non-hydrogen) atoms. The zero-order valence-corrected chi connectivity index (χ0v) is 20.1. The van der Waals surface area contributed by atoms with E-state index in [9.17, 15) is 4.79 Å². The van der Waals surface area contributed by atoms with Gasteiger partial charge >= 0.3 is 0 Å². The number of methoxy groups -OCH3 is 1. The second-order valence-electron chi connectivity index (χ2n) is 7.68. The Kier molecular flexibility index (Phi) is 6.67. The molecular weight excluding hydrogens is 456 g/mol. The van der Waals surface area contributed by atoms with Crippen molar-refractivity contribution in [3.8, 4) is 11.5 Å². The zero-order chi connectivity index (χ0) is 23.5. The zero-order valence-electron chi connectivity index (χ0n) is 18.5. The molecule has 3 aromatic carbocycles. The number of nitrogens with zero attached hydrogens (tertiary/aromatic N) is 1. The minimum absolute atomic E-state index is 0.195. The molecule has 1 aliphatic heterocycles. The van der Waals surface area contributed by atoms with Crippen molar-refractivity contribution in [3.05, 3.63) is 93.6 Å². The highest BCUT2D eigenvalue weighted by Gasteiger charge is 2.32. The van der Waals surface area contributed by atoms with Gasteiger partial charge in [0.1, 0.15) is 23.8 Å². The van der Waals surface area contributed by atoms with Crippen LogP contribution in [0.3, 0.4) is 0 Å². The second kappa shape index (κ2) is 9.65. The molecule has 0 aromatic heterocycles. The molecule has 4 rings (SSSR count). The van der Waals surface area contributed by atoms with Crippen LogP contribution in [0.5, 0.6) is 11.5 Å². The molecule has 1 amide bonds. The van der Waals surface area contributed by atoms with Gasteiger partial charge in [-0.1, -0.05) is 35.9 Å². The number of hydrogen-bond donors (Lipinski definition) is 1. The summed E-state index contributed by atoms with van der Waals surface area (Å²) in [6, 6.07) is 18.8. The fourth-order valence-corrected chi connectivity index (χ4v) is 4.18. The number of rotatable bonds is 6.